The third-order valence-electron chi connectivity index (χ3n) is 6.11. The summed E-state index contributed by atoms with van der Waals surface area (Å²) in [5.74, 6) is -0.0414. The Hall–Kier alpha value is -4.33. The van der Waals surface area contributed by atoms with E-state index >= 15 is 0 Å². The molecule has 178 valence electrons. The van der Waals surface area contributed by atoms with Gasteiger partial charge in [0.15, 0.2) is 16.9 Å². The van der Waals surface area contributed by atoms with Crippen molar-refractivity contribution in [3.8, 4) is 17.2 Å². The highest BCUT2D eigenvalue weighted by atomic mass is 19.1. The zero-order valence-electron chi connectivity index (χ0n) is 19.5. The van der Waals surface area contributed by atoms with E-state index < -0.39 is 23.2 Å². The normalized spacial score (nSPS) is 14.8. The van der Waals surface area contributed by atoms with Crippen LogP contribution in [0.25, 0.3) is 11.0 Å². The van der Waals surface area contributed by atoms with Crippen LogP contribution < -0.4 is 24.5 Å². The fourth-order valence-corrected chi connectivity index (χ4v) is 4.56. The monoisotopic (exact) mass is 475 g/mol. The molecule has 1 aliphatic rings. The van der Waals surface area contributed by atoms with E-state index in [-0.39, 0.29) is 22.3 Å². The highest BCUT2D eigenvalue weighted by Gasteiger charge is 2.44. The maximum absolute atomic E-state index is 14.0. The summed E-state index contributed by atoms with van der Waals surface area (Å²) in [5, 5.41) is 0.0556. The molecule has 0 fully saturated rings. The molecule has 7 nitrogen and oxygen atoms in total. The standard InChI is InChI=1S/C27H22FNO6/c1-14-6-5-7-17(10-14)29-23(15-11-20(32-2)25(34-4)21(12-15)33-3)22-24(30)18-13-16(28)8-9-19(18)35-26(22)27(29)31/h5-13,23H,1-4H3. The van der Waals surface area contributed by atoms with Crippen molar-refractivity contribution >= 4 is 22.6 Å². The highest BCUT2D eigenvalue weighted by Crippen LogP contribution is 2.46. The first-order chi connectivity index (χ1) is 16.9. The molecule has 1 aliphatic heterocycles. The van der Waals surface area contributed by atoms with Crippen molar-refractivity contribution in [2.75, 3.05) is 26.2 Å². The molecule has 1 amide bonds. The van der Waals surface area contributed by atoms with Crippen LogP contribution in [0, 0.1) is 12.7 Å². The maximum Gasteiger partial charge on any atom is 0.295 e. The molecule has 1 unspecified atom stereocenters. The SMILES string of the molecule is COc1cc(C2c3c(oc4ccc(F)cc4c3=O)C(=O)N2c2cccc(C)c2)cc(OC)c1OC. The molecule has 3 aromatic carbocycles. The lowest BCUT2D eigenvalue weighted by Gasteiger charge is -2.26. The predicted molar refractivity (Wildman–Crippen MR) is 128 cm³/mol. The molecule has 0 bridgehead atoms. The van der Waals surface area contributed by atoms with Crippen molar-refractivity contribution in [2.45, 2.75) is 13.0 Å². The van der Waals surface area contributed by atoms with Gasteiger partial charge in [-0.1, -0.05) is 12.1 Å². The molecule has 8 heteroatoms. The lowest BCUT2D eigenvalue weighted by Crippen LogP contribution is -2.29. The lowest BCUT2D eigenvalue weighted by molar-refractivity contribution is 0.0971. The third kappa shape index (κ3) is 3.49. The second kappa shape index (κ2) is 8.47. The maximum atomic E-state index is 14.0. The summed E-state index contributed by atoms with van der Waals surface area (Å²) in [6.45, 7) is 1.91. The molecule has 0 spiro atoms. The van der Waals surface area contributed by atoms with E-state index in [4.69, 9.17) is 18.6 Å². The molecule has 0 saturated carbocycles. The van der Waals surface area contributed by atoms with Crippen LogP contribution in [0.5, 0.6) is 17.2 Å². The second-order valence-electron chi connectivity index (χ2n) is 8.19. The number of ether oxygens (including phenoxy) is 3. The third-order valence-corrected chi connectivity index (χ3v) is 6.11. The van der Waals surface area contributed by atoms with Gasteiger partial charge in [0.25, 0.3) is 5.91 Å². The molecule has 0 radical (unpaired) electrons. The van der Waals surface area contributed by atoms with Gasteiger partial charge in [-0.3, -0.25) is 14.5 Å². The van der Waals surface area contributed by atoms with Crippen molar-refractivity contribution in [1.29, 1.82) is 0 Å². The van der Waals surface area contributed by atoms with Crippen LogP contribution in [0.1, 0.15) is 33.3 Å². The second-order valence-corrected chi connectivity index (χ2v) is 8.19. The number of aryl methyl sites for hydroxylation is 1. The van der Waals surface area contributed by atoms with Crippen molar-refractivity contribution < 1.29 is 27.8 Å². The molecular weight excluding hydrogens is 453 g/mol. The van der Waals surface area contributed by atoms with Gasteiger partial charge in [-0.2, -0.15) is 0 Å². The predicted octanol–water partition coefficient (Wildman–Crippen LogP) is 5.02. The number of carbonyl (C=O) groups is 1. The molecule has 1 atom stereocenters. The average Bonchev–Trinajstić information content (AvgIpc) is 3.16. The van der Waals surface area contributed by atoms with E-state index in [2.05, 4.69) is 0 Å². The van der Waals surface area contributed by atoms with Gasteiger partial charge in [0, 0.05) is 5.69 Å². The van der Waals surface area contributed by atoms with Gasteiger partial charge >= 0.3 is 0 Å². The Morgan fingerprint density at radius 1 is 0.914 bits per heavy atom. The van der Waals surface area contributed by atoms with E-state index in [1.807, 2.05) is 25.1 Å². The van der Waals surface area contributed by atoms with Gasteiger partial charge in [0.05, 0.1) is 38.3 Å². The number of methoxy groups -OCH3 is 3. The first-order valence-corrected chi connectivity index (χ1v) is 10.8. The largest absolute Gasteiger partial charge is 0.493 e. The molecule has 2 heterocycles. The zero-order valence-corrected chi connectivity index (χ0v) is 19.5. The number of anilines is 1. The van der Waals surface area contributed by atoms with Crippen molar-refractivity contribution in [3.05, 3.63) is 93.1 Å². The van der Waals surface area contributed by atoms with Crippen LogP contribution in [0.3, 0.4) is 0 Å². The number of carbonyl (C=O) groups excluding carboxylic acids is 1. The Morgan fingerprint density at radius 3 is 2.26 bits per heavy atom. The van der Waals surface area contributed by atoms with E-state index in [1.165, 1.54) is 38.4 Å². The van der Waals surface area contributed by atoms with Crippen molar-refractivity contribution in [3.63, 3.8) is 0 Å². The van der Waals surface area contributed by atoms with Crippen LogP contribution in [0.15, 0.2) is 63.8 Å². The number of benzene rings is 3. The molecule has 0 N–H and O–H groups in total. The molecular formula is C27H22FNO6. The number of fused-ring (bicyclic) bond motifs is 2. The molecule has 4 aromatic rings. The van der Waals surface area contributed by atoms with E-state index in [9.17, 15) is 14.0 Å². The summed E-state index contributed by atoms with van der Waals surface area (Å²) >= 11 is 0. The molecule has 0 aliphatic carbocycles. The fourth-order valence-electron chi connectivity index (χ4n) is 4.56. The first kappa shape index (κ1) is 22.5. The minimum absolute atomic E-state index is 0.0556. The molecule has 0 saturated heterocycles. The van der Waals surface area contributed by atoms with Gasteiger partial charge in [-0.15, -0.1) is 0 Å². The van der Waals surface area contributed by atoms with Crippen LogP contribution in [-0.2, 0) is 0 Å². The van der Waals surface area contributed by atoms with Gasteiger partial charge in [0.2, 0.25) is 11.5 Å². The number of halogens is 1. The topological polar surface area (TPSA) is 78.2 Å². The minimum Gasteiger partial charge on any atom is -0.493 e. The Bertz CT molecular complexity index is 1520. The van der Waals surface area contributed by atoms with Crippen LogP contribution in [0.2, 0.25) is 0 Å². The van der Waals surface area contributed by atoms with Crippen molar-refractivity contribution in [1.82, 2.24) is 0 Å². The van der Waals surface area contributed by atoms with Crippen LogP contribution in [0.4, 0.5) is 10.1 Å². The van der Waals surface area contributed by atoms with Gasteiger partial charge in [-0.05, 0) is 60.5 Å². The Labute approximate surface area is 200 Å². The quantitative estimate of drug-likeness (QED) is 0.404. The Kier molecular flexibility index (Phi) is 5.43. The number of hydrogen-bond acceptors (Lipinski definition) is 6. The van der Waals surface area contributed by atoms with E-state index in [1.54, 1.807) is 18.2 Å². The summed E-state index contributed by atoms with van der Waals surface area (Å²) in [7, 11) is 4.46. The minimum atomic E-state index is -0.878. The van der Waals surface area contributed by atoms with Gasteiger partial charge in [-0.25, -0.2) is 4.39 Å². The molecule has 1 aromatic heterocycles. The van der Waals surface area contributed by atoms with Crippen molar-refractivity contribution in [2.24, 2.45) is 0 Å². The summed E-state index contributed by atoms with van der Waals surface area (Å²) in [6, 6.07) is 13.5. The number of amides is 1. The number of nitrogens with zero attached hydrogens (tertiary/aromatic N) is 1. The molecule has 35 heavy (non-hydrogen) atoms. The van der Waals surface area contributed by atoms with Gasteiger partial charge in [0.1, 0.15) is 11.4 Å². The average molecular weight is 475 g/mol. The number of rotatable bonds is 5. The molecule has 5 rings (SSSR count). The van der Waals surface area contributed by atoms with E-state index in [0.717, 1.165) is 11.6 Å². The van der Waals surface area contributed by atoms with Crippen LogP contribution in [-0.4, -0.2) is 27.2 Å². The number of hydrogen-bond donors (Lipinski definition) is 0. The highest BCUT2D eigenvalue weighted by molar-refractivity contribution is 6.10. The van der Waals surface area contributed by atoms with E-state index in [0.29, 0.717) is 28.5 Å². The first-order valence-electron chi connectivity index (χ1n) is 10.8. The summed E-state index contributed by atoms with van der Waals surface area (Å²) in [5.41, 5.74) is 1.82. The van der Waals surface area contributed by atoms with Crippen LogP contribution >= 0.6 is 0 Å². The van der Waals surface area contributed by atoms with Gasteiger partial charge < -0.3 is 18.6 Å². The summed E-state index contributed by atoms with van der Waals surface area (Å²) < 4.78 is 36.4. The Balaban J connectivity index is 1.85. The zero-order chi connectivity index (χ0) is 24.9. The lowest BCUT2D eigenvalue weighted by atomic mass is 9.97. The Morgan fingerprint density at radius 2 is 1.63 bits per heavy atom. The summed E-state index contributed by atoms with van der Waals surface area (Å²) in [4.78, 5) is 28.9. The summed E-state index contributed by atoms with van der Waals surface area (Å²) in [6.07, 6.45) is 0. The smallest absolute Gasteiger partial charge is 0.295 e. The fraction of sp³-hybridized carbons (Fsp3) is 0.185.